The van der Waals surface area contributed by atoms with E-state index in [2.05, 4.69) is 36.2 Å². The normalized spacial score (nSPS) is 14.5. The highest BCUT2D eigenvalue weighted by atomic mass is 16.5. The molecule has 1 N–H and O–H groups in total. The van der Waals surface area contributed by atoms with Crippen molar-refractivity contribution in [2.45, 2.75) is 33.4 Å². The van der Waals surface area contributed by atoms with Gasteiger partial charge in [-0.2, -0.15) is 0 Å². The molecule has 168 valence electrons. The van der Waals surface area contributed by atoms with Gasteiger partial charge in [-0.25, -0.2) is 0 Å². The molecule has 0 aliphatic carbocycles. The predicted molar refractivity (Wildman–Crippen MR) is 122 cm³/mol. The molecule has 6 heteroatoms. The van der Waals surface area contributed by atoms with E-state index in [0.717, 1.165) is 44.8 Å². The Labute approximate surface area is 185 Å². The van der Waals surface area contributed by atoms with Crippen LogP contribution in [0.5, 0.6) is 11.5 Å². The topological polar surface area (TPSA) is 60.0 Å². The third-order valence-corrected chi connectivity index (χ3v) is 5.43. The van der Waals surface area contributed by atoms with Gasteiger partial charge in [-0.05, 0) is 41.7 Å². The number of carbonyl (C=O) groups excluding carboxylic acids is 1. The molecular weight excluding hydrogens is 392 g/mol. The van der Waals surface area contributed by atoms with Crippen molar-refractivity contribution in [3.8, 4) is 11.5 Å². The summed E-state index contributed by atoms with van der Waals surface area (Å²) in [6.45, 7) is 9.72. The Morgan fingerprint density at radius 3 is 2.55 bits per heavy atom. The first-order chi connectivity index (χ1) is 15.1. The molecule has 0 atom stereocenters. The van der Waals surface area contributed by atoms with Gasteiger partial charge in [0.2, 0.25) is 0 Å². The van der Waals surface area contributed by atoms with E-state index in [1.165, 1.54) is 5.56 Å². The standard InChI is InChI=1S/C25H34N2O4/c1-19(2)10-13-31-23-9-8-20(16-24(23)29-3)25(28)26-17-21-6-4-5-7-22(21)18-27-11-14-30-15-12-27/h4-9,16,19H,10-15,17-18H2,1-3H3,(H,26,28). The number of ether oxygens (including phenoxy) is 3. The molecule has 1 amide bonds. The minimum atomic E-state index is -0.131. The second-order valence-corrected chi connectivity index (χ2v) is 8.24. The van der Waals surface area contributed by atoms with Crippen molar-refractivity contribution in [3.05, 3.63) is 59.2 Å². The number of methoxy groups -OCH3 is 1. The summed E-state index contributed by atoms with van der Waals surface area (Å²) in [6, 6.07) is 13.6. The van der Waals surface area contributed by atoms with Crippen LogP contribution in [-0.4, -0.2) is 50.8 Å². The van der Waals surface area contributed by atoms with Crippen LogP contribution >= 0.6 is 0 Å². The lowest BCUT2D eigenvalue weighted by Crippen LogP contribution is -2.36. The van der Waals surface area contributed by atoms with Gasteiger partial charge in [-0.1, -0.05) is 38.1 Å². The van der Waals surface area contributed by atoms with Crippen molar-refractivity contribution in [1.82, 2.24) is 10.2 Å². The molecule has 0 radical (unpaired) electrons. The van der Waals surface area contributed by atoms with Crippen LogP contribution < -0.4 is 14.8 Å². The van der Waals surface area contributed by atoms with Crippen molar-refractivity contribution in [3.63, 3.8) is 0 Å². The molecule has 0 saturated carbocycles. The van der Waals surface area contributed by atoms with Gasteiger partial charge in [0.25, 0.3) is 5.91 Å². The Morgan fingerprint density at radius 2 is 1.84 bits per heavy atom. The summed E-state index contributed by atoms with van der Waals surface area (Å²) >= 11 is 0. The van der Waals surface area contributed by atoms with Gasteiger partial charge in [-0.15, -0.1) is 0 Å². The van der Waals surface area contributed by atoms with Crippen LogP contribution in [0.3, 0.4) is 0 Å². The molecule has 1 saturated heterocycles. The van der Waals surface area contributed by atoms with Gasteiger partial charge < -0.3 is 19.5 Å². The number of nitrogens with one attached hydrogen (secondary N) is 1. The van der Waals surface area contributed by atoms with Crippen molar-refractivity contribution in [1.29, 1.82) is 0 Å². The first-order valence-electron chi connectivity index (χ1n) is 11.0. The minimum absolute atomic E-state index is 0.131. The third kappa shape index (κ3) is 6.97. The molecule has 1 heterocycles. The largest absolute Gasteiger partial charge is 0.493 e. The number of benzene rings is 2. The monoisotopic (exact) mass is 426 g/mol. The molecule has 1 fully saturated rings. The Kier molecular flexibility index (Phi) is 8.74. The van der Waals surface area contributed by atoms with E-state index < -0.39 is 0 Å². The van der Waals surface area contributed by atoms with Crippen LogP contribution in [0, 0.1) is 5.92 Å². The summed E-state index contributed by atoms with van der Waals surface area (Å²) in [5.41, 5.74) is 2.91. The second-order valence-electron chi connectivity index (χ2n) is 8.24. The highest BCUT2D eigenvalue weighted by Gasteiger charge is 2.15. The lowest BCUT2D eigenvalue weighted by atomic mass is 10.1. The Morgan fingerprint density at radius 1 is 1.10 bits per heavy atom. The van der Waals surface area contributed by atoms with Gasteiger partial charge in [0.1, 0.15) is 0 Å². The quantitative estimate of drug-likeness (QED) is 0.625. The van der Waals surface area contributed by atoms with Crippen LogP contribution in [0.4, 0.5) is 0 Å². The predicted octanol–water partition coefficient (Wildman–Crippen LogP) is 3.88. The highest BCUT2D eigenvalue weighted by Crippen LogP contribution is 2.28. The lowest BCUT2D eigenvalue weighted by molar-refractivity contribution is 0.0340. The lowest BCUT2D eigenvalue weighted by Gasteiger charge is -2.27. The number of morpholine rings is 1. The fourth-order valence-electron chi connectivity index (χ4n) is 3.49. The van der Waals surface area contributed by atoms with Crippen LogP contribution in [0.15, 0.2) is 42.5 Å². The van der Waals surface area contributed by atoms with Gasteiger partial charge >= 0.3 is 0 Å². The molecular formula is C25H34N2O4. The van der Waals surface area contributed by atoms with Crippen LogP contribution in [0.2, 0.25) is 0 Å². The Bertz CT molecular complexity index is 847. The molecule has 0 bridgehead atoms. The number of nitrogens with zero attached hydrogens (tertiary/aromatic N) is 1. The van der Waals surface area contributed by atoms with E-state index in [9.17, 15) is 4.79 Å². The zero-order chi connectivity index (χ0) is 22.1. The number of amides is 1. The van der Waals surface area contributed by atoms with E-state index >= 15 is 0 Å². The molecule has 2 aromatic rings. The van der Waals surface area contributed by atoms with Gasteiger partial charge in [0, 0.05) is 31.7 Å². The molecule has 1 aliphatic heterocycles. The number of hydrogen-bond donors (Lipinski definition) is 1. The maximum Gasteiger partial charge on any atom is 0.251 e. The third-order valence-electron chi connectivity index (χ3n) is 5.43. The maximum atomic E-state index is 12.8. The van der Waals surface area contributed by atoms with Crippen LogP contribution in [0.1, 0.15) is 41.8 Å². The number of carbonyl (C=O) groups is 1. The summed E-state index contributed by atoms with van der Waals surface area (Å²) < 4.78 is 16.7. The summed E-state index contributed by atoms with van der Waals surface area (Å²) in [6.07, 6.45) is 0.968. The average Bonchev–Trinajstić information content (AvgIpc) is 2.79. The van der Waals surface area contributed by atoms with Crippen molar-refractivity contribution < 1.29 is 19.0 Å². The summed E-state index contributed by atoms with van der Waals surface area (Å²) in [7, 11) is 1.59. The van der Waals surface area contributed by atoms with Crippen molar-refractivity contribution in [2.24, 2.45) is 5.92 Å². The SMILES string of the molecule is COc1cc(C(=O)NCc2ccccc2CN2CCOCC2)ccc1OCCC(C)C. The zero-order valence-electron chi connectivity index (χ0n) is 18.9. The first kappa shape index (κ1) is 23.1. The molecule has 6 nitrogen and oxygen atoms in total. The van der Waals surface area contributed by atoms with Crippen molar-refractivity contribution >= 4 is 5.91 Å². The van der Waals surface area contributed by atoms with Crippen LogP contribution in [-0.2, 0) is 17.8 Å². The fourth-order valence-corrected chi connectivity index (χ4v) is 3.49. The van der Waals surface area contributed by atoms with Gasteiger partial charge in [-0.3, -0.25) is 9.69 Å². The maximum absolute atomic E-state index is 12.8. The molecule has 31 heavy (non-hydrogen) atoms. The fraction of sp³-hybridized carbons (Fsp3) is 0.480. The van der Waals surface area contributed by atoms with E-state index in [1.54, 1.807) is 25.3 Å². The Balaban J connectivity index is 1.60. The van der Waals surface area contributed by atoms with Gasteiger partial charge in [0.15, 0.2) is 11.5 Å². The molecule has 0 aromatic heterocycles. The van der Waals surface area contributed by atoms with E-state index in [0.29, 0.717) is 36.1 Å². The van der Waals surface area contributed by atoms with Crippen LogP contribution in [0.25, 0.3) is 0 Å². The van der Waals surface area contributed by atoms with E-state index in [1.807, 2.05) is 12.1 Å². The molecule has 1 aliphatic rings. The highest BCUT2D eigenvalue weighted by molar-refractivity contribution is 5.94. The zero-order valence-corrected chi connectivity index (χ0v) is 18.9. The summed E-state index contributed by atoms with van der Waals surface area (Å²) in [4.78, 5) is 15.1. The minimum Gasteiger partial charge on any atom is -0.493 e. The second kappa shape index (κ2) is 11.7. The first-order valence-corrected chi connectivity index (χ1v) is 11.0. The number of rotatable bonds is 10. The summed E-state index contributed by atoms with van der Waals surface area (Å²) in [5, 5.41) is 3.04. The molecule has 0 unspecified atom stereocenters. The number of hydrogen-bond acceptors (Lipinski definition) is 5. The Hall–Kier alpha value is -2.57. The smallest absolute Gasteiger partial charge is 0.251 e. The van der Waals surface area contributed by atoms with Gasteiger partial charge in [0.05, 0.1) is 26.9 Å². The van der Waals surface area contributed by atoms with E-state index in [-0.39, 0.29) is 5.91 Å². The molecule has 2 aromatic carbocycles. The van der Waals surface area contributed by atoms with E-state index in [4.69, 9.17) is 14.2 Å². The summed E-state index contributed by atoms with van der Waals surface area (Å²) in [5.74, 6) is 1.68. The molecule has 0 spiro atoms. The molecule has 3 rings (SSSR count). The average molecular weight is 427 g/mol. The van der Waals surface area contributed by atoms with Crippen molar-refractivity contribution in [2.75, 3.05) is 40.0 Å².